The molecule has 3 aromatic rings. The lowest BCUT2D eigenvalue weighted by Crippen LogP contribution is -2.38. The van der Waals surface area contributed by atoms with Crippen LogP contribution in [0.3, 0.4) is 0 Å². The van der Waals surface area contributed by atoms with Gasteiger partial charge in [0.25, 0.3) is 0 Å². The van der Waals surface area contributed by atoms with Crippen LogP contribution in [-0.2, 0) is 17.8 Å². The molecule has 0 bridgehead atoms. The van der Waals surface area contributed by atoms with E-state index < -0.39 is 0 Å². The van der Waals surface area contributed by atoms with E-state index in [2.05, 4.69) is 63.6 Å². The summed E-state index contributed by atoms with van der Waals surface area (Å²) in [6.07, 6.45) is 4.88. The number of hydrogen-bond acceptors (Lipinski definition) is 4. The van der Waals surface area contributed by atoms with Crippen LogP contribution >= 0.6 is 24.0 Å². The zero-order valence-corrected chi connectivity index (χ0v) is 20.5. The van der Waals surface area contributed by atoms with E-state index >= 15 is 0 Å². The maximum atomic E-state index is 5.70. The summed E-state index contributed by atoms with van der Waals surface area (Å²) in [5, 5.41) is 7.99. The lowest BCUT2D eigenvalue weighted by Gasteiger charge is -2.13. The Labute approximate surface area is 201 Å². The first-order valence-electron chi connectivity index (χ1n) is 10.4. The van der Waals surface area contributed by atoms with E-state index in [-0.39, 0.29) is 24.0 Å². The highest BCUT2D eigenvalue weighted by Crippen LogP contribution is 2.16. The van der Waals surface area contributed by atoms with E-state index in [4.69, 9.17) is 14.5 Å². The molecule has 168 valence electrons. The zero-order valence-electron chi connectivity index (χ0n) is 18.2. The number of fused-ring (bicyclic) bond motifs is 1. The molecule has 0 aliphatic heterocycles. The summed E-state index contributed by atoms with van der Waals surface area (Å²) < 4.78 is 13.0. The van der Waals surface area contributed by atoms with Gasteiger partial charge >= 0.3 is 0 Å². The van der Waals surface area contributed by atoms with Crippen LogP contribution in [0.2, 0.25) is 0 Å². The minimum absolute atomic E-state index is 0. The van der Waals surface area contributed by atoms with Crippen LogP contribution in [0.4, 0.5) is 0 Å². The van der Waals surface area contributed by atoms with Gasteiger partial charge in [-0.15, -0.1) is 24.0 Å². The van der Waals surface area contributed by atoms with Crippen molar-refractivity contribution in [3.8, 4) is 5.88 Å². The third-order valence-electron chi connectivity index (χ3n) is 4.68. The number of hydrogen-bond donors (Lipinski definition) is 2. The highest BCUT2D eigenvalue weighted by Gasteiger charge is 2.05. The van der Waals surface area contributed by atoms with Crippen molar-refractivity contribution in [2.24, 2.45) is 4.99 Å². The first-order chi connectivity index (χ1) is 14.8. The molecule has 0 unspecified atom stereocenters. The molecule has 31 heavy (non-hydrogen) atoms. The van der Waals surface area contributed by atoms with Gasteiger partial charge in [0.2, 0.25) is 5.88 Å². The van der Waals surface area contributed by atoms with Crippen LogP contribution in [0.25, 0.3) is 10.9 Å². The Balaban J connectivity index is 0.00000341. The maximum Gasteiger partial charge on any atom is 0.218 e. The SMILES string of the molecule is CCNC(=NCc1cccnc1OCCOC)NCCCn1ccc2ccccc21.I. The average Bonchev–Trinajstić information content (AvgIpc) is 3.19. The minimum atomic E-state index is 0. The zero-order chi connectivity index (χ0) is 21.0. The Kier molecular flexibility index (Phi) is 11.2. The van der Waals surface area contributed by atoms with Gasteiger partial charge in [-0.25, -0.2) is 9.98 Å². The normalized spacial score (nSPS) is 11.2. The van der Waals surface area contributed by atoms with E-state index in [0.717, 1.165) is 37.6 Å². The number of pyridine rings is 1. The summed E-state index contributed by atoms with van der Waals surface area (Å²) in [6, 6.07) is 14.5. The average molecular weight is 537 g/mol. The van der Waals surface area contributed by atoms with Crippen LogP contribution in [0.15, 0.2) is 59.9 Å². The predicted molar refractivity (Wildman–Crippen MR) is 136 cm³/mol. The molecule has 0 aliphatic rings. The summed E-state index contributed by atoms with van der Waals surface area (Å²) in [5.74, 6) is 1.40. The molecule has 0 saturated heterocycles. The van der Waals surface area contributed by atoms with Gasteiger partial charge in [-0.05, 0) is 36.9 Å². The summed E-state index contributed by atoms with van der Waals surface area (Å²) in [5.41, 5.74) is 2.22. The lowest BCUT2D eigenvalue weighted by atomic mass is 10.2. The van der Waals surface area contributed by atoms with E-state index in [0.29, 0.717) is 25.6 Å². The van der Waals surface area contributed by atoms with Crippen LogP contribution in [0.1, 0.15) is 18.9 Å². The van der Waals surface area contributed by atoms with Crippen LogP contribution in [-0.4, -0.2) is 48.9 Å². The fourth-order valence-electron chi connectivity index (χ4n) is 3.19. The van der Waals surface area contributed by atoms with Crippen molar-refractivity contribution >= 4 is 40.8 Å². The van der Waals surface area contributed by atoms with Gasteiger partial charge in [-0.1, -0.05) is 24.3 Å². The maximum absolute atomic E-state index is 5.70. The van der Waals surface area contributed by atoms with Crippen molar-refractivity contribution in [3.63, 3.8) is 0 Å². The fraction of sp³-hybridized carbons (Fsp3) is 0.391. The molecule has 0 aliphatic carbocycles. The number of nitrogens with one attached hydrogen (secondary N) is 2. The van der Waals surface area contributed by atoms with E-state index in [1.54, 1.807) is 13.3 Å². The molecule has 1 aromatic carbocycles. The Morgan fingerprint density at radius 3 is 2.81 bits per heavy atom. The van der Waals surface area contributed by atoms with Crippen LogP contribution in [0, 0.1) is 0 Å². The van der Waals surface area contributed by atoms with Crippen molar-refractivity contribution < 1.29 is 9.47 Å². The van der Waals surface area contributed by atoms with Gasteiger partial charge in [0.05, 0.1) is 13.2 Å². The summed E-state index contributed by atoms with van der Waals surface area (Å²) in [4.78, 5) is 9.01. The monoisotopic (exact) mass is 537 g/mol. The number of nitrogens with zero attached hydrogens (tertiary/aromatic N) is 3. The third-order valence-corrected chi connectivity index (χ3v) is 4.68. The molecule has 7 nitrogen and oxygen atoms in total. The summed E-state index contributed by atoms with van der Waals surface area (Å²) >= 11 is 0. The molecule has 0 amide bonds. The Morgan fingerprint density at radius 2 is 1.97 bits per heavy atom. The molecule has 2 heterocycles. The first kappa shape index (κ1) is 24.9. The molecule has 3 rings (SSSR count). The van der Waals surface area contributed by atoms with Gasteiger partial charge in [0.15, 0.2) is 5.96 Å². The molecular weight excluding hydrogens is 505 g/mol. The standard InChI is InChI=1S/C23H31N5O2.HI/c1-3-24-23(27-18-20-9-6-12-25-22(20)30-17-16-29-2)26-13-7-14-28-15-11-19-8-4-5-10-21(19)28;/h4-6,8-12,15H,3,7,13-14,16-18H2,1-2H3,(H2,24,26,27);1H. The van der Waals surface area contributed by atoms with Crippen molar-refractivity contribution in [2.75, 3.05) is 33.4 Å². The number of benzene rings is 1. The van der Waals surface area contributed by atoms with Crippen molar-refractivity contribution in [1.82, 2.24) is 20.2 Å². The highest BCUT2D eigenvalue weighted by atomic mass is 127. The molecule has 0 saturated carbocycles. The molecular formula is C23H32IN5O2. The number of guanidine groups is 1. The molecule has 2 N–H and O–H groups in total. The smallest absolute Gasteiger partial charge is 0.218 e. The molecule has 0 radical (unpaired) electrons. The molecule has 0 fully saturated rings. The fourth-order valence-corrected chi connectivity index (χ4v) is 3.19. The van der Waals surface area contributed by atoms with E-state index in [9.17, 15) is 0 Å². The van der Waals surface area contributed by atoms with Crippen molar-refractivity contribution in [2.45, 2.75) is 26.4 Å². The van der Waals surface area contributed by atoms with Crippen LogP contribution < -0.4 is 15.4 Å². The minimum Gasteiger partial charge on any atom is -0.475 e. The van der Waals surface area contributed by atoms with Gasteiger partial charge in [-0.3, -0.25) is 0 Å². The number of aryl methyl sites for hydroxylation is 1. The second kappa shape index (κ2) is 13.9. The van der Waals surface area contributed by atoms with Gasteiger partial charge < -0.3 is 24.7 Å². The summed E-state index contributed by atoms with van der Waals surface area (Å²) in [6.45, 7) is 6.15. The molecule has 2 aromatic heterocycles. The number of para-hydroxylation sites is 1. The highest BCUT2D eigenvalue weighted by molar-refractivity contribution is 14.0. The van der Waals surface area contributed by atoms with Gasteiger partial charge in [0, 0.05) is 50.2 Å². The molecule has 8 heteroatoms. The Hall–Kier alpha value is -2.33. The molecule has 0 atom stereocenters. The number of aromatic nitrogens is 2. The van der Waals surface area contributed by atoms with Gasteiger partial charge in [-0.2, -0.15) is 0 Å². The quantitative estimate of drug-likeness (QED) is 0.169. The Bertz CT molecular complexity index is 944. The number of ether oxygens (including phenoxy) is 2. The van der Waals surface area contributed by atoms with E-state index in [1.807, 2.05) is 12.1 Å². The van der Waals surface area contributed by atoms with Crippen LogP contribution in [0.5, 0.6) is 5.88 Å². The second-order valence-electron chi connectivity index (χ2n) is 6.85. The number of aliphatic imine (C=N–C) groups is 1. The number of methoxy groups -OCH3 is 1. The molecule has 0 spiro atoms. The van der Waals surface area contributed by atoms with Crippen molar-refractivity contribution in [3.05, 3.63) is 60.4 Å². The van der Waals surface area contributed by atoms with Gasteiger partial charge in [0.1, 0.15) is 6.61 Å². The number of rotatable bonds is 11. The number of halogens is 1. The lowest BCUT2D eigenvalue weighted by molar-refractivity contribution is 0.143. The van der Waals surface area contributed by atoms with Crippen molar-refractivity contribution in [1.29, 1.82) is 0 Å². The summed E-state index contributed by atoms with van der Waals surface area (Å²) in [7, 11) is 1.65. The topological polar surface area (TPSA) is 72.7 Å². The second-order valence-corrected chi connectivity index (χ2v) is 6.85. The predicted octanol–water partition coefficient (Wildman–Crippen LogP) is 3.82. The third kappa shape index (κ3) is 7.70. The largest absolute Gasteiger partial charge is 0.475 e. The Morgan fingerprint density at radius 1 is 1.10 bits per heavy atom. The first-order valence-corrected chi connectivity index (χ1v) is 10.4. The van der Waals surface area contributed by atoms with E-state index in [1.165, 1.54) is 10.9 Å².